The van der Waals surface area contributed by atoms with Crippen LogP contribution in [-0.4, -0.2) is 51.0 Å². The molecule has 0 aliphatic carbocycles. The highest BCUT2D eigenvalue weighted by Gasteiger charge is 2.22. The van der Waals surface area contributed by atoms with Gasteiger partial charge in [-0.15, -0.1) is 21.5 Å². The number of sulfonamides is 1. The molecule has 4 aromatic rings. The van der Waals surface area contributed by atoms with Gasteiger partial charge in [0.2, 0.25) is 15.9 Å². The van der Waals surface area contributed by atoms with Crippen molar-refractivity contribution in [2.75, 3.05) is 13.1 Å². The molecule has 0 saturated carbocycles. The van der Waals surface area contributed by atoms with Crippen molar-refractivity contribution in [3.05, 3.63) is 46.0 Å². The van der Waals surface area contributed by atoms with Gasteiger partial charge < -0.3 is 9.40 Å². The van der Waals surface area contributed by atoms with Gasteiger partial charge in [-0.25, -0.2) is 18.4 Å². The Labute approximate surface area is 188 Å². The third-order valence-electron chi connectivity index (χ3n) is 4.63. The average Bonchev–Trinajstić information content (AvgIpc) is 3.46. The van der Waals surface area contributed by atoms with Gasteiger partial charge in [0.05, 0.1) is 38.8 Å². The van der Waals surface area contributed by atoms with Gasteiger partial charge in [0, 0.05) is 18.5 Å². The van der Waals surface area contributed by atoms with Crippen molar-refractivity contribution in [2.24, 2.45) is 0 Å². The van der Waals surface area contributed by atoms with Gasteiger partial charge in [0.15, 0.2) is 0 Å². The van der Waals surface area contributed by atoms with Gasteiger partial charge in [-0.05, 0) is 25.1 Å². The van der Waals surface area contributed by atoms with Gasteiger partial charge >= 0.3 is 0 Å². The minimum atomic E-state index is -3.52. The number of benzene rings is 1. The molecule has 4 rings (SSSR count). The smallest absolute Gasteiger partial charge is 0.277 e. The summed E-state index contributed by atoms with van der Waals surface area (Å²) in [6.45, 7) is 6.46. The van der Waals surface area contributed by atoms with Gasteiger partial charge in [0.25, 0.3) is 5.22 Å². The Morgan fingerprint density at radius 3 is 2.71 bits per heavy atom. The maximum atomic E-state index is 12.7. The Morgan fingerprint density at radius 2 is 2.00 bits per heavy atom. The molecule has 0 fully saturated rings. The Morgan fingerprint density at radius 1 is 1.19 bits per heavy atom. The number of thiazole rings is 1. The van der Waals surface area contributed by atoms with Crippen LogP contribution in [-0.2, 0) is 22.2 Å². The van der Waals surface area contributed by atoms with Gasteiger partial charge in [-0.2, -0.15) is 4.31 Å². The Bertz CT molecular complexity index is 1290. The highest BCUT2D eigenvalue weighted by atomic mass is 32.2. The van der Waals surface area contributed by atoms with Crippen LogP contribution in [0.1, 0.15) is 36.3 Å². The number of thioether (sulfide) groups is 1. The van der Waals surface area contributed by atoms with Crippen molar-refractivity contribution >= 4 is 44.2 Å². The molecule has 0 spiro atoms. The molecule has 0 bridgehead atoms. The second kappa shape index (κ2) is 9.07. The van der Waals surface area contributed by atoms with Crippen molar-refractivity contribution < 1.29 is 12.8 Å². The molecule has 1 N–H and O–H groups in total. The zero-order chi connectivity index (χ0) is 22.0. The molecule has 0 unspecified atom stereocenters. The Balaban J connectivity index is 1.45. The van der Waals surface area contributed by atoms with Crippen LogP contribution in [0.15, 0.2) is 38.1 Å². The maximum Gasteiger partial charge on any atom is 0.277 e. The van der Waals surface area contributed by atoms with Gasteiger partial charge in [-0.3, -0.25) is 0 Å². The predicted molar refractivity (Wildman–Crippen MR) is 120 cm³/mol. The van der Waals surface area contributed by atoms with E-state index in [4.69, 9.17) is 4.42 Å². The summed E-state index contributed by atoms with van der Waals surface area (Å²) in [5, 5.41) is 11.6. The van der Waals surface area contributed by atoms with Crippen LogP contribution in [0, 0.1) is 6.92 Å². The van der Waals surface area contributed by atoms with Crippen molar-refractivity contribution in [3.63, 3.8) is 0 Å². The summed E-state index contributed by atoms with van der Waals surface area (Å²) < 4.78 is 32.6. The second-order valence-corrected chi connectivity index (χ2v) is 10.7. The van der Waals surface area contributed by atoms with Crippen molar-refractivity contribution in [3.8, 4) is 0 Å². The van der Waals surface area contributed by atoms with E-state index in [1.54, 1.807) is 29.5 Å². The standard InChI is InChI=1S/C19H22N6O3S3/c1-4-25(5-2)31(26,27)14-6-7-15-16(9-14)22-17(21-15)11-30-19-24-23-18(28-19)8-13-10-29-12(3)20-13/h6-7,9-10H,4-5,8,11H2,1-3H3,(H,21,22). The molecule has 0 radical (unpaired) electrons. The van der Waals surface area contributed by atoms with Crippen LogP contribution in [0.3, 0.4) is 0 Å². The fraction of sp³-hybridized carbons (Fsp3) is 0.368. The molecular weight excluding hydrogens is 456 g/mol. The number of aryl methyl sites for hydroxylation is 1. The molecule has 0 amide bonds. The summed E-state index contributed by atoms with van der Waals surface area (Å²) in [4.78, 5) is 12.4. The lowest BCUT2D eigenvalue weighted by molar-refractivity contribution is 0.419. The van der Waals surface area contributed by atoms with E-state index in [0.29, 0.717) is 53.2 Å². The Hall–Kier alpha value is -2.28. The molecule has 0 saturated heterocycles. The molecule has 0 aliphatic heterocycles. The SMILES string of the molecule is CCN(CC)S(=O)(=O)c1ccc2nc(CSc3nnc(Cc4csc(C)n4)o3)[nH]c2c1. The Kier molecular flexibility index (Phi) is 6.42. The zero-order valence-electron chi connectivity index (χ0n) is 17.3. The van der Waals surface area contributed by atoms with Crippen LogP contribution < -0.4 is 0 Å². The van der Waals surface area contributed by atoms with E-state index in [-0.39, 0.29) is 4.90 Å². The fourth-order valence-electron chi connectivity index (χ4n) is 3.13. The average molecular weight is 479 g/mol. The summed E-state index contributed by atoms with van der Waals surface area (Å²) in [5.74, 6) is 1.71. The number of hydrogen-bond acceptors (Lipinski definition) is 9. The predicted octanol–water partition coefficient (Wildman–Crippen LogP) is 3.62. The number of nitrogens with one attached hydrogen (secondary N) is 1. The molecule has 12 heteroatoms. The fourth-order valence-corrected chi connectivity index (χ4v) is 5.87. The number of fused-ring (bicyclic) bond motifs is 1. The summed E-state index contributed by atoms with van der Waals surface area (Å²) in [7, 11) is -3.52. The topological polar surface area (TPSA) is 118 Å². The molecule has 9 nitrogen and oxygen atoms in total. The van der Waals surface area contributed by atoms with E-state index in [1.165, 1.54) is 16.1 Å². The minimum Gasteiger partial charge on any atom is -0.416 e. The number of hydrogen-bond donors (Lipinski definition) is 1. The number of aromatic nitrogens is 5. The van der Waals surface area contributed by atoms with E-state index < -0.39 is 10.0 Å². The van der Waals surface area contributed by atoms with Crippen molar-refractivity contribution in [1.29, 1.82) is 0 Å². The van der Waals surface area contributed by atoms with Crippen LogP contribution in [0.2, 0.25) is 0 Å². The highest BCUT2D eigenvalue weighted by Crippen LogP contribution is 2.25. The first kappa shape index (κ1) is 21.9. The molecule has 0 aliphatic rings. The molecule has 31 heavy (non-hydrogen) atoms. The largest absolute Gasteiger partial charge is 0.416 e. The maximum absolute atomic E-state index is 12.7. The molecule has 164 valence electrons. The van der Waals surface area contributed by atoms with Crippen LogP contribution in [0.5, 0.6) is 0 Å². The van der Waals surface area contributed by atoms with E-state index >= 15 is 0 Å². The molecule has 3 aromatic heterocycles. The first-order valence-corrected chi connectivity index (χ1v) is 13.0. The lowest BCUT2D eigenvalue weighted by atomic mass is 10.3. The van der Waals surface area contributed by atoms with Gasteiger partial charge in [0.1, 0.15) is 5.82 Å². The number of nitrogens with zero attached hydrogens (tertiary/aromatic N) is 5. The number of rotatable bonds is 9. The zero-order valence-corrected chi connectivity index (χ0v) is 19.8. The third-order valence-corrected chi connectivity index (χ3v) is 8.32. The quantitative estimate of drug-likeness (QED) is 0.362. The van der Waals surface area contributed by atoms with E-state index in [9.17, 15) is 8.42 Å². The minimum absolute atomic E-state index is 0.255. The van der Waals surface area contributed by atoms with E-state index in [0.717, 1.165) is 10.7 Å². The van der Waals surface area contributed by atoms with Crippen LogP contribution in [0.25, 0.3) is 11.0 Å². The lowest BCUT2D eigenvalue weighted by Crippen LogP contribution is -2.30. The van der Waals surface area contributed by atoms with Gasteiger partial charge in [-0.1, -0.05) is 25.6 Å². The summed E-state index contributed by atoms with van der Waals surface area (Å²) in [6, 6.07) is 4.94. The molecule has 0 atom stereocenters. The summed E-state index contributed by atoms with van der Waals surface area (Å²) >= 11 is 2.96. The van der Waals surface area contributed by atoms with Crippen molar-refractivity contribution in [2.45, 2.75) is 43.1 Å². The van der Waals surface area contributed by atoms with E-state index in [1.807, 2.05) is 26.2 Å². The van der Waals surface area contributed by atoms with Crippen molar-refractivity contribution in [1.82, 2.24) is 29.5 Å². The monoisotopic (exact) mass is 478 g/mol. The first-order chi connectivity index (χ1) is 14.9. The second-order valence-electron chi connectivity index (χ2n) is 6.74. The third kappa shape index (κ3) is 4.81. The number of imidazole rings is 1. The summed E-state index contributed by atoms with van der Waals surface area (Å²) in [6.07, 6.45) is 0.506. The summed E-state index contributed by atoms with van der Waals surface area (Å²) in [5.41, 5.74) is 2.30. The first-order valence-electron chi connectivity index (χ1n) is 9.74. The molecule has 3 heterocycles. The lowest BCUT2D eigenvalue weighted by Gasteiger charge is -2.18. The van der Waals surface area contributed by atoms with Crippen LogP contribution in [0.4, 0.5) is 0 Å². The molecular formula is C19H22N6O3S3. The van der Waals surface area contributed by atoms with Crippen LogP contribution >= 0.6 is 23.1 Å². The van der Waals surface area contributed by atoms with E-state index in [2.05, 4.69) is 25.1 Å². The normalized spacial score (nSPS) is 12.3. The highest BCUT2D eigenvalue weighted by molar-refractivity contribution is 7.98. The number of aromatic amines is 1. The molecule has 1 aromatic carbocycles. The number of H-pyrrole nitrogens is 1.